The second-order valence-corrected chi connectivity index (χ2v) is 11.2. The Hall–Kier alpha value is -3.14. The number of ether oxygens (including phenoxy) is 3. The second-order valence-electron chi connectivity index (χ2n) is 10.3. The molecule has 3 aromatic rings. The molecule has 39 heavy (non-hydrogen) atoms. The standard InChI is InChI=1S/C30H40N2O6S/c1-7-36-28(37-8-2)20(3)32(18-22-19-39-26-12-10-9-11-24(22)26)27(33)25(31-29(34)35)17-21-13-15-23(16-14-21)38-30(4,5)6/h9-16,19-20,25,28,31H,7-8,17-18H2,1-6H3,(H,34,35)/t20-,25-/m0/s1. The maximum atomic E-state index is 14.1. The van der Waals surface area contributed by atoms with Gasteiger partial charge in [0.1, 0.15) is 17.4 Å². The van der Waals surface area contributed by atoms with E-state index in [1.165, 1.54) is 0 Å². The minimum atomic E-state index is -1.26. The van der Waals surface area contributed by atoms with Crippen molar-refractivity contribution in [1.29, 1.82) is 0 Å². The minimum Gasteiger partial charge on any atom is -0.488 e. The van der Waals surface area contributed by atoms with Gasteiger partial charge < -0.3 is 29.5 Å². The van der Waals surface area contributed by atoms with E-state index in [0.717, 1.165) is 21.2 Å². The number of carbonyl (C=O) groups is 2. The van der Waals surface area contributed by atoms with Crippen molar-refractivity contribution in [2.24, 2.45) is 0 Å². The molecule has 2 atom stereocenters. The van der Waals surface area contributed by atoms with Crippen molar-refractivity contribution in [1.82, 2.24) is 10.2 Å². The number of benzene rings is 2. The van der Waals surface area contributed by atoms with Gasteiger partial charge in [-0.15, -0.1) is 11.3 Å². The quantitative estimate of drug-likeness (QED) is 0.248. The number of rotatable bonds is 13. The first-order valence-electron chi connectivity index (χ1n) is 13.3. The Labute approximate surface area is 234 Å². The van der Waals surface area contributed by atoms with E-state index >= 15 is 0 Å². The smallest absolute Gasteiger partial charge is 0.405 e. The molecule has 1 aromatic heterocycles. The van der Waals surface area contributed by atoms with Crippen LogP contribution in [0, 0.1) is 0 Å². The minimum absolute atomic E-state index is 0.183. The molecule has 212 valence electrons. The lowest BCUT2D eigenvalue weighted by Gasteiger charge is -2.36. The van der Waals surface area contributed by atoms with E-state index in [0.29, 0.717) is 19.0 Å². The normalized spacial score (nSPS) is 13.3. The highest BCUT2D eigenvalue weighted by atomic mass is 32.1. The monoisotopic (exact) mass is 556 g/mol. The lowest BCUT2D eigenvalue weighted by atomic mass is 10.0. The van der Waals surface area contributed by atoms with Gasteiger partial charge in [0, 0.05) is 30.9 Å². The van der Waals surface area contributed by atoms with Gasteiger partial charge in [-0.3, -0.25) is 4.79 Å². The Kier molecular flexibility index (Phi) is 10.7. The molecule has 8 nitrogen and oxygen atoms in total. The van der Waals surface area contributed by atoms with Crippen LogP contribution in [-0.4, -0.2) is 59.2 Å². The van der Waals surface area contributed by atoms with E-state index in [4.69, 9.17) is 14.2 Å². The van der Waals surface area contributed by atoms with E-state index in [-0.39, 0.29) is 24.5 Å². The summed E-state index contributed by atoms with van der Waals surface area (Å²) in [7, 11) is 0. The number of hydrogen-bond acceptors (Lipinski definition) is 6. The van der Waals surface area contributed by atoms with Gasteiger partial charge in [-0.05, 0) is 81.6 Å². The van der Waals surface area contributed by atoms with Gasteiger partial charge in [0.15, 0.2) is 6.29 Å². The maximum absolute atomic E-state index is 14.1. The van der Waals surface area contributed by atoms with Crippen molar-refractivity contribution < 1.29 is 28.9 Å². The topological polar surface area (TPSA) is 97.3 Å². The highest BCUT2D eigenvalue weighted by Crippen LogP contribution is 2.28. The van der Waals surface area contributed by atoms with E-state index in [2.05, 4.69) is 5.32 Å². The summed E-state index contributed by atoms with van der Waals surface area (Å²) in [6.45, 7) is 12.6. The number of hydrogen-bond donors (Lipinski definition) is 2. The van der Waals surface area contributed by atoms with E-state index in [1.807, 2.05) is 95.5 Å². The molecule has 0 unspecified atom stereocenters. The molecular formula is C30H40N2O6S. The van der Waals surface area contributed by atoms with Gasteiger partial charge in [0.2, 0.25) is 5.91 Å². The molecule has 0 aliphatic rings. The van der Waals surface area contributed by atoms with Crippen molar-refractivity contribution >= 4 is 33.4 Å². The number of carboxylic acid groups (broad SMARTS) is 1. The maximum Gasteiger partial charge on any atom is 0.405 e. The van der Waals surface area contributed by atoms with Crippen LogP contribution in [0.25, 0.3) is 10.1 Å². The molecule has 0 bridgehead atoms. The predicted octanol–water partition coefficient (Wildman–Crippen LogP) is 6.07. The van der Waals surface area contributed by atoms with Crippen LogP contribution in [0.2, 0.25) is 0 Å². The molecule has 0 radical (unpaired) electrons. The van der Waals surface area contributed by atoms with Crippen molar-refractivity contribution in [3.8, 4) is 5.75 Å². The zero-order chi connectivity index (χ0) is 28.6. The molecule has 0 fully saturated rings. The first kappa shape index (κ1) is 30.4. The molecular weight excluding hydrogens is 516 g/mol. The third-order valence-electron chi connectivity index (χ3n) is 6.12. The number of amides is 2. The molecule has 0 saturated heterocycles. The van der Waals surface area contributed by atoms with Crippen molar-refractivity contribution in [3.05, 3.63) is 65.0 Å². The summed E-state index contributed by atoms with van der Waals surface area (Å²) >= 11 is 1.61. The summed E-state index contributed by atoms with van der Waals surface area (Å²) in [6, 6.07) is 13.9. The number of nitrogens with zero attached hydrogens (tertiary/aromatic N) is 1. The van der Waals surface area contributed by atoms with Gasteiger partial charge in [0.05, 0.1) is 6.04 Å². The fourth-order valence-corrected chi connectivity index (χ4v) is 5.35. The fraction of sp³-hybridized carbons (Fsp3) is 0.467. The van der Waals surface area contributed by atoms with E-state index < -0.39 is 24.5 Å². The Morgan fingerprint density at radius 2 is 1.67 bits per heavy atom. The predicted molar refractivity (Wildman–Crippen MR) is 154 cm³/mol. The third kappa shape index (κ3) is 8.68. The zero-order valence-electron chi connectivity index (χ0n) is 23.6. The first-order chi connectivity index (χ1) is 18.5. The van der Waals surface area contributed by atoms with Crippen molar-refractivity contribution in [3.63, 3.8) is 0 Å². The highest BCUT2D eigenvalue weighted by Gasteiger charge is 2.34. The summed E-state index contributed by atoms with van der Waals surface area (Å²) in [4.78, 5) is 27.6. The van der Waals surface area contributed by atoms with Crippen LogP contribution in [0.5, 0.6) is 5.75 Å². The van der Waals surface area contributed by atoms with Crippen LogP contribution < -0.4 is 10.1 Å². The van der Waals surface area contributed by atoms with Crippen molar-refractivity contribution in [2.75, 3.05) is 13.2 Å². The molecule has 0 aliphatic heterocycles. The average molecular weight is 557 g/mol. The van der Waals surface area contributed by atoms with Crippen molar-refractivity contribution in [2.45, 2.75) is 78.5 Å². The van der Waals surface area contributed by atoms with Crippen LogP contribution in [0.4, 0.5) is 4.79 Å². The Morgan fingerprint density at radius 3 is 2.26 bits per heavy atom. The third-order valence-corrected chi connectivity index (χ3v) is 7.13. The lowest BCUT2D eigenvalue weighted by molar-refractivity contribution is -0.179. The van der Waals surface area contributed by atoms with Gasteiger partial charge in [0.25, 0.3) is 0 Å². The second kappa shape index (κ2) is 13.8. The van der Waals surface area contributed by atoms with Crippen LogP contribution >= 0.6 is 11.3 Å². The summed E-state index contributed by atoms with van der Waals surface area (Å²) in [5.74, 6) is 0.357. The number of carbonyl (C=O) groups excluding carboxylic acids is 1. The molecule has 2 amide bonds. The number of fused-ring (bicyclic) bond motifs is 1. The van der Waals surface area contributed by atoms with Crippen LogP contribution in [-0.2, 0) is 27.2 Å². The molecule has 0 spiro atoms. The average Bonchev–Trinajstić information content (AvgIpc) is 3.29. The summed E-state index contributed by atoms with van der Waals surface area (Å²) in [5.41, 5.74) is 1.45. The van der Waals surface area contributed by atoms with Gasteiger partial charge in [-0.2, -0.15) is 0 Å². The summed E-state index contributed by atoms with van der Waals surface area (Å²) in [5, 5.41) is 15.2. The largest absolute Gasteiger partial charge is 0.488 e. The van der Waals surface area contributed by atoms with Crippen LogP contribution in [0.1, 0.15) is 52.7 Å². The number of thiophene rings is 1. The van der Waals surface area contributed by atoms with Crippen LogP contribution in [0.15, 0.2) is 53.9 Å². The van der Waals surface area contributed by atoms with Gasteiger partial charge in [-0.25, -0.2) is 4.79 Å². The molecule has 1 heterocycles. The number of nitrogens with one attached hydrogen (secondary N) is 1. The van der Waals surface area contributed by atoms with Gasteiger partial charge >= 0.3 is 6.09 Å². The lowest BCUT2D eigenvalue weighted by Crippen LogP contribution is -2.55. The summed E-state index contributed by atoms with van der Waals surface area (Å²) in [6.07, 6.45) is -1.74. The fourth-order valence-electron chi connectivity index (χ4n) is 4.40. The Balaban J connectivity index is 1.93. The molecule has 0 aliphatic carbocycles. The van der Waals surface area contributed by atoms with Crippen LogP contribution in [0.3, 0.4) is 0 Å². The van der Waals surface area contributed by atoms with E-state index in [1.54, 1.807) is 16.2 Å². The molecule has 2 aromatic carbocycles. The Morgan fingerprint density at radius 1 is 1.03 bits per heavy atom. The molecule has 0 saturated carbocycles. The SMILES string of the molecule is CCOC(OCC)[C@H](C)N(Cc1csc2ccccc12)C(=O)[C@H](Cc1ccc(OC(C)(C)C)cc1)NC(=O)O. The Bertz CT molecular complexity index is 1210. The molecule has 3 rings (SSSR count). The van der Waals surface area contributed by atoms with E-state index in [9.17, 15) is 14.7 Å². The summed E-state index contributed by atoms with van der Waals surface area (Å²) < 4.78 is 18.7. The first-order valence-corrected chi connectivity index (χ1v) is 14.2. The highest BCUT2D eigenvalue weighted by molar-refractivity contribution is 7.17. The zero-order valence-corrected chi connectivity index (χ0v) is 24.4. The van der Waals surface area contributed by atoms with Gasteiger partial charge in [-0.1, -0.05) is 30.3 Å². The molecule has 9 heteroatoms. The molecule has 2 N–H and O–H groups in total.